The number of benzene rings is 5. The van der Waals surface area contributed by atoms with E-state index in [0.29, 0.717) is 34.6 Å². The first kappa shape index (κ1) is 31.2. The summed E-state index contributed by atoms with van der Waals surface area (Å²) in [5.41, 5.74) is 1.15. The second kappa shape index (κ2) is 12.3. The Labute approximate surface area is 277 Å². The van der Waals surface area contributed by atoms with Crippen molar-refractivity contribution in [3.05, 3.63) is 126 Å². The maximum Gasteiger partial charge on any atom is 0.416 e. The van der Waals surface area contributed by atoms with Crippen LogP contribution in [0.15, 0.2) is 109 Å². The van der Waals surface area contributed by atoms with Crippen molar-refractivity contribution in [1.82, 2.24) is 9.97 Å². The molecule has 0 saturated carbocycles. The van der Waals surface area contributed by atoms with E-state index in [9.17, 15) is 22.8 Å². The SMILES string of the molecule is COc1ccc(-c2nc(Nc3ccc(Oc4ccc5c(c4)C(=O)N(c4cccc(C(F)(F)F)c4)C5=O)cc3)c3ccccc3n2)cc1OC. The van der Waals surface area contributed by atoms with Crippen molar-refractivity contribution in [3.63, 3.8) is 0 Å². The molecule has 0 unspecified atom stereocenters. The Hall–Kier alpha value is -6.43. The number of carbonyl (C=O) groups is 2. The molecule has 5 aromatic carbocycles. The van der Waals surface area contributed by atoms with Gasteiger partial charge in [-0.15, -0.1) is 0 Å². The van der Waals surface area contributed by atoms with Gasteiger partial charge in [-0.1, -0.05) is 18.2 Å². The number of fused-ring (bicyclic) bond motifs is 2. The lowest BCUT2D eigenvalue weighted by atomic mass is 10.1. The van der Waals surface area contributed by atoms with Crippen LogP contribution >= 0.6 is 0 Å². The number of anilines is 3. The molecule has 1 aliphatic heterocycles. The smallest absolute Gasteiger partial charge is 0.416 e. The van der Waals surface area contributed by atoms with E-state index < -0.39 is 23.6 Å². The Kier molecular flexibility index (Phi) is 7.83. The average molecular weight is 663 g/mol. The van der Waals surface area contributed by atoms with Gasteiger partial charge in [0.15, 0.2) is 17.3 Å². The number of hydrogen-bond acceptors (Lipinski definition) is 8. The molecule has 9 nitrogen and oxygen atoms in total. The van der Waals surface area contributed by atoms with Crippen LogP contribution in [0.2, 0.25) is 0 Å². The molecule has 0 aliphatic carbocycles. The van der Waals surface area contributed by atoms with Gasteiger partial charge >= 0.3 is 6.18 Å². The van der Waals surface area contributed by atoms with Gasteiger partial charge in [0.05, 0.1) is 42.1 Å². The standard InChI is InChI=1S/C37H25F3N4O5/c1-47-31-17-10-21(18-32(31)48-2)33-42-30-9-4-3-8-28(30)34(43-33)41-23-11-13-25(14-12-23)49-26-15-16-27-29(20-26)36(46)44(35(27)45)24-7-5-6-22(19-24)37(38,39)40/h3-20H,1-2H3,(H,41,42,43). The minimum atomic E-state index is -4.63. The van der Waals surface area contributed by atoms with E-state index >= 15 is 0 Å². The maximum absolute atomic E-state index is 13.3. The Morgan fingerprint density at radius 1 is 0.694 bits per heavy atom. The van der Waals surface area contributed by atoms with E-state index in [1.165, 1.54) is 24.3 Å². The van der Waals surface area contributed by atoms with Crippen molar-refractivity contribution in [3.8, 4) is 34.4 Å². The van der Waals surface area contributed by atoms with E-state index in [4.69, 9.17) is 24.2 Å². The van der Waals surface area contributed by atoms with Crippen LogP contribution in [-0.4, -0.2) is 36.0 Å². The van der Waals surface area contributed by atoms with Crippen LogP contribution in [0.3, 0.4) is 0 Å². The molecular weight excluding hydrogens is 637 g/mol. The number of carbonyl (C=O) groups excluding carboxylic acids is 2. The third-order valence-corrected chi connectivity index (χ3v) is 7.89. The largest absolute Gasteiger partial charge is 0.493 e. The lowest BCUT2D eigenvalue weighted by Crippen LogP contribution is -2.29. The Morgan fingerprint density at radius 2 is 1.43 bits per heavy atom. The number of rotatable bonds is 8. The molecule has 49 heavy (non-hydrogen) atoms. The Balaban J connectivity index is 1.11. The van der Waals surface area contributed by atoms with Crippen molar-refractivity contribution < 1.29 is 37.0 Å². The summed E-state index contributed by atoms with van der Waals surface area (Å²) >= 11 is 0. The van der Waals surface area contributed by atoms with Crippen LogP contribution in [0.4, 0.5) is 30.4 Å². The first-order valence-corrected chi connectivity index (χ1v) is 14.9. The zero-order chi connectivity index (χ0) is 34.3. The highest BCUT2D eigenvalue weighted by atomic mass is 19.4. The molecule has 0 spiro atoms. The number of amides is 2. The highest BCUT2D eigenvalue weighted by Crippen LogP contribution is 2.37. The summed E-state index contributed by atoms with van der Waals surface area (Å²) < 4.78 is 56.6. The van der Waals surface area contributed by atoms with Crippen LogP contribution in [0.25, 0.3) is 22.3 Å². The van der Waals surface area contributed by atoms with Crippen LogP contribution in [-0.2, 0) is 6.18 Å². The van der Waals surface area contributed by atoms with Crippen LogP contribution in [0.1, 0.15) is 26.3 Å². The molecule has 2 heterocycles. The van der Waals surface area contributed by atoms with Crippen molar-refractivity contribution in [2.75, 3.05) is 24.4 Å². The summed E-state index contributed by atoms with van der Waals surface area (Å²) in [6, 6.07) is 28.5. The lowest BCUT2D eigenvalue weighted by molar-refractivity contribution is -0.137. The van der Waals surface area contributed by atoms with Gasteiger partial charge in [0.1, 0.15) is 17.3 Å². The minimum absolute atomic E-state index is 0.0270. The molecule has 7 rings (SSSR count). The van der Waals surface area contributed by atoms with E-state index in [1.807, 2.05) is 36.4 Å². The molecule has 0 fully saturated rings. The van der Waals surface area contributed by atoms with E-state index in [0.717, 1.165) is 39.6 Å². The van der Waals surface area contributed by atoms with Crippen molar-refractivity contribution in [1.29, 1.82) is 0 Å². The lowest BCUT2D eigenvalue weighted by Gasteiger charge is -2.16. The number of hydrogen-bond donors (Lipinski definition) is 1. The second-order valence-electron chi connectivity index (χ2n) is 10.9. The number of aromatic nitrogens is 2. The fourth-order valence-electron chi connectivity index (χ4n) is 5.49. The molecule has 1 aromatic heterocycles. The minimum Gasteiger partial charge on any atom is -0.493 e. The maximum atomic E-state index is 13.3. The molecule has 6 aromatic rings. The first-order valence-electron chi connectivity index (χ1n) is 14.9. The highest BCUT2D eigenvalue weighted by molar-refractivity contribution is 6.34. The predicted octanol–water partition coefficient (Wildman–Crippen LogP) is 8.67. The third kappa shape index (κ3) is 5.95. The summed E-state index contributed by atoms with van der Waals surface area (Å²) in [6.07, 6.45) is -4.63. The van der Waals surface area contributed by atoms with E-state index in [-0.39, 0.29) is 22.6 Å². The Bertz CT molecular complexity index is 2260. The summed E-state index contributed by atoms with van der Waals surface area (Å²) in [6.45, 7) is 0. The monoisotopic (exact) mass is 662 g/mol. The topological polar surface area (TPSA) is 103 Å². The van der Waals surface area contributed by atoms with Crippen LogP contribution in [0, 0.1) is 0 Å². The van der Waals surface area contributed by atoms with Gasteiger partial charge in [0.2, 0.25) is 0 Å². The summed E-state index contributed by atoms with van der Waals surface area (Å²) in [5.74, 6) is 1.46. The molecule has 1 aliphatic rings. The molecule has 1 N–H and O–H groups in total. The van der Waals surface area contributed by atoms with Gasteiger partial charge in [-0.05, 0) is 91.0 Å². The molecule has 0 radical (unpaired) electrons. The zero-order valence-electron chi connectivity index (χ0n) is 25.9. The molecular formula is C37H25F3N4O5. The summed E-state index contributed by atoms with van der Waals surface area (Å²) in [4.78, 5) is 36.5. The highest BCUT2D eigenvalue weighted by Gasteiger charge is 2.38. The third-order valence-electron chi connectivity index (χ3n) is 7.89. The van der Waals surface area contributed by atoms with Gasteiger partial charge in [-0.3, -0.25) is 9.59 Å². The van der Waals surface area contributed by atoms with Crippen LogP contribution in [0.5, 0.6) is 23.0 Å². The van der Waals surface area contributed by atoms with Gasteiger partial charge in [-0.2, -0.15) is 13.2 Å². The summed E-state index contributed by atoms with van der Waals surface area (Å²) in [7, 11) is 3.13. The van der Waals surface area contributed by atoms with Crippen molar-refractivity contribution >= 4 is 39.9 Å². The van der Waals surface area contributed by atoms with E-state index in [1.54, 1.807) is 44.6 Å². The number of para-hydroxylation sites is 1. The number of alkyl halides is 3. The van der Waals surface area contributed by atoms with Crippen LogP contribution < -0.4 is 24.4 Å². The molecule has 0 saturated heterocycles. The normalized spacial score (nSPS) is 12.6. The summed E-state index contributed by atoms with van der Waals surface area (Å²) in [5, 5.41) is 4.17. The van der Waals surface area contributed by atoms with Gasteiger partial charge in [0, 0.05) is 16.6 Å². The number of imide groups is 1. The number of methoxy groups -OCH3 is 2. The fourth-order valence-corrected chi connectivity index (χ4v) is 5.49. The fraction of sp³-hybridized carbons (Fsp3) is 0.0811. The van der Waals surface area contributed by atoms with Crippen molar-refractivity contribution in [2.45, 2.75) is 6.18 Å². The number of halogens is 3. The zero-order valence-corrected chi connectivity index (χ0v) is 25.9. The molecule has 0 bridgehead atoms. The van der Waals surface area contributed by atoms with Gasteiger partial charge in [0.25, 0.3) is 11.8 Å². The van der Waals surface area contributed by atoms with Crippen molar-refractivity contribution in [2.24, 2.45) is 0 Å². The predicted molar refractivity (Wildman–Crippen MR) is 177 cm³/mol. The average Bonchev–Trinajstić information content (AvgIpc) is 3.36. The number of nitrogens with zero attached hydrogens (tertiary/aromatic N) is 3. The molecule has 0 atom stereocenters. The molecule has 2 amide bonds. The van der Waals surface area contributed by atoms with E-state index in [2.05, 4.69) is 5.32 Å². The first-order chi connectivity index (χ1) is 23.6. The second-order valence-corrected chi connectivity index (χ2v) is 10.9. The number of nitrogens with one attached hydrogen (secondary N) is 1. The number of ether oxygens (including phenoxy) is 3. The molecule has 12 heteroatoms. The molecule has 244 valence electrons. The van der Waals surface area contributed by atoms with Gasteiger partial charge < -0.3 is 19.5 Å². The van der Waals surface area contributed by atoms with Gasteiger partial charge in [-0.25, -0.2) is 14.9 Å². The Morgan fingerprint density at radius 3 is 2.18 bits per heavy atom. The quantitative estimate of drug-likeness (QED) is 0.162.